The zero-order valence-corrected chi connectivity index (χ0v) is 19.1. The second-order valence-corrected chi connectivity index (χ2v) is 8.85. The molecule has 1 fully saturated rings. The van der Waals surface area contributed by atoms with Crippen molar-refractivity contribution in [3.63, 3.8) is 0 Å². The van der Waals surface area contributed by atoms with Gasteiger partial charge in [0.1, 0.15) is 11.9 Å². The molecular weight excluding hydrogens is 480 g/mol. The quantitative estimate of drug-likeness (QED) is 0.405. The van der Waals surface area contributed by atoms with E-state index in [1.807, 2.05) is 49.8 Å². The maximum Gasteiger partial charge on any atom is 0.227 e. The zero-order valence-electron chi connectivity index (χ0n) is 16.8. The number of aromatic nitrogens is 4. The normalized spacial score (nSPS) is 16.0. The van der Waals surface area contributed by atoms with Crippen LogP contribution in [0.5, 0.6) is 5.75 Å². The zero-order chi connectivity index (χ0) is 21.4. The molecule has 5 rings (SSSR count). The first-order chi connectivity index (χ1) is 15.0. The molecule has 1 atom stereocenters. The van der Waals surface area contributed by atoms with E-state index in [9.17, 15) is 0 Å². The van der Waals surface area contributed by atoms with E-state index in [-0.39, 0.29) is 6.10 Å². The molecule has 1 saturated heterocycles. The lowest BCUT2D eigenvalue weighted by molar-refractivity contribution is 0.223. The summed E-state index contributed by atoms with van der Waals surface area (Å²) in [4.78, 5) is 9.06. The average Bonchev–Trinajstić information content (AvgIpc) is 3.40. The van der Waals surface area contributed by atoms with Gasteiger partial charge in [-0.25, -0.2) is 9.97 Å². The van der Waals surface area contributed by atoms with E-state index in [0.29, 0.717) is 16.5 Å². The Morgan fingerprint density at radius 3 is 2.87 bits per heavy atom. The number of benzene rings is 2. The second kappa shape index (κ2) is 8.45. The third-order valence-corrected chi connectivity index (χ3v) is 5.87. The van der Waals surface area contributed by atoms with Gasteiger partial charge >= 0.3 is 0 Å². The van der Waals surface area contributed by atoms with Crippen LogP contribution < -0.4 is 15.4 Å². The standard InChI is InChI=1S/C22H20BrClN6O/c1-30-12-15(10-27-30)13-5-17(8-19(6-13)31-18-2-3-25-11-18)28-22-26-9-14-4-16(23)7-20(24)21(14)29-22/h4-10,12,18,25H,2-3,11H2,1H3,(H,26,28,29)/t18-/m1/s1. The highest BCUT2D eigenvalue weighted by atomic mass is 79.9. The Kier molecular flexibility index (Phi) is 5.52. The van der Waals surface area contributed by atoms with Gasteiger partial charge in [-0.1, -0.05) is 27.5 Å². The minimum Gasteiger partial charge on any atom is -0.489 e. The van der Waals surface area contributed by atoms with Crippen molar-refractivity contribution in [3.8, 4) is 16.9 Å². The van der Waals surface area contributed by atoms with Crippen molar-refractivity contribution in [2.24, 2.45) is 7.05 Å². The van der Waals surface area contributed by atoms with Crippen LogP contribution in [0.25, 0.3) is 22.0 Å². The van der Waals surface area contributed by atoms with Gasteiger partial charge in [-0.2, -0.15) is 5.10 Å². The van der Waals surface area contributed by atoms with Crippen molar-refractivity contribution in [2.75, 3.05) is 18.4 Å². The fraction of sp³-hybridized carbons (Fsp3) is 0.227. The van der Waals surface area contributed by atoms with Gasteiger partial charge in [0.25, 0.3) is 0 Å². The van der Waals surface area contributed by atoms with E-state index in [1.54, 1.807) is 10.9 Å². The fourth-order valence-corrected chi connectivity index (χ4v) is 4.53. The Bertz CT molecular complexity index is 1250. The molecule has 1 aliphatic rings. The first-order valence-corrected chi connectivity index (χ1v) is 11.1. The summed E-state index contributed by atoms with van der Waals surface area (Å²) in [5.41, 5.74) is 3.53. The van der Waals surface area contributed by atoms with Gasteiger partial charge in [0, 0.05) is 53.2 Å². The van der Waals surface area contributed by atoms with Crippen LogP contribution >= 0.6 is 27.5 Å². The maximum absolute atomic E-state index is 6.38. The van der Waals surface area contributed by atoms with Gasteiger partial charge in [0.2, 0.25) is 5.95 Å². The molecule has 2 N–H and O–H groups in total. The number of halogens is 2. The van der Waals surface area contributed by atoms with E-state index in [1.165, 1.54) is 0 Å². The van der Waals surface area contributed by atoms with Gasteiger partial charge in [-0.05, 0) is 42.8 Å². The molecule has 0 saturated carbocycles. The van der Waals surface area contributed by atoms with Crippen molar-refractivity contribution in [3.05, 3.63) is 58.4 Å². The molecule has 0 radical (unpaired) electrons. The van der Waals surface area contributed by atoms with Gasteiger partial charge in [-0.3, -0.25) is 4.68 Å². The largest absolute Gasteiger partial charge is 0.489 e. The van der Waals surface area contributed by atoms with Crippen molar-refractivity contribution >= 4 is 50.1 Å². The van der Waals surface area contributed by atoms with Crippen LogP contribution in [0.15, 0.2) is 53.4 Å². The van der Waals surface area contributed by atoms with E-state index in [2.05, 4.69) is 41.6 Å². The molecule has 0 spiro atoms. The molecule has 3 heterocycles. The lowest BCUT2D eigenvalue weighted by atomic mass is 10.1. The summed E-state index contributed by atoms with van der Waals surface area (Å²) in [7, 11) is 1.90. The van der Waals surface area contributed by atoms with Gasteiger partial charge in [0.15, 0.2) is 0 Å². The molecule has 4 aromatic rings. The number of ether oxygens (including phenoxy) is 1. The van der Waals surface area contributed by atoms with Gasteiger partial charge in [0.05, 0.1) is 16.7 Å². The molecule has 158 valence electrons. The first-order valence-electron chi connectivity index (χ1n) is 9.94. The Balaban J connectivity index is 1.50. The van der Waals surface area contributed by atoms with Gasteiger partial charge in [-0.15, -0.1) is 0 Å². The van der Waals surface area contributed by atoms with E-state index < -0.39 is 0 Å². The summed E-state index contributed by atoms with van der Waals surface area (Å²) in [6, 6.07) is 9.81. The molecule has 0 bridgehead atoms. The van der Waals surface area contributed by atoms with Crippen LogP contribution in [0.4, 0.5) is 11.6 Å². The third-order valence-electron chi connectivity index (χ3n) is 5.12. The molecule has 2 aromatic carbocycles. The number of anilines is 2. The Labute approximate surface area is 192 Å². The van der Waals surface area contributed by atoms with Crippen LogP contribution in [0.2, 0.25) is 5.02 Å². The number of hydrogen-bond donors (Lipinski definition) is 2. The summed E-state index contributed by atoms with van der Waals surface area (Å²) < 4.78 is 8.90. The molecule has 7 nitrogen and oxygen atoms in total. The van der Waals surface area contributed by atoms with E-state index >= 15 is 0 Å². The van der Waals surface area contributed by atoms with Crippen LogP contribution in [0.1, 0.15) is 6.42 Å². The van der Waals surface area contributed by atoms with Crippen LogP contribution in [0.3, 0.4) is 0 Å². The van der Waals surface area contributed by atoms with Crippen molar-refractivity contribution in [1.29, 1.82) is 0 Å². The van der Waals surface area contributed by atoms with Gasteiger partial charge < -0.3 is 15.4 Å². The minimum atomic E-state index is 0.158. The summed E-state index contributed by atoms with van der Waals surface area (Å²) in [5, 5.41) is 12.4. The van der Waals surface area contributed by atoms with Crippen molar-refractivity contribution < 1.29 is 4.74 Å². The highest BCUT2D eigenvalue weighted by Gasteiger charge is 2.17. The topological polar surface area (TPSA) is 76.9 Å². The number of nitrogens with zero attached hydrogens (tertiary/aromatic N) is 4. The molecule has 2 aromatic heterocycles. The van der Waals surface area contributed by atoms with Crippen LogP contribution in [-0.4, -0.2) is 38.9 Å². The highest BCUT2D eigenvalue weighted by Crippen LogP contribution is 2.32. The summed E-state index contributed by atoms with van der Waals surface area (Å²) in [5.74, 6) is 1.26. The molecule has 0 aliphatic carbocycles. The SMILES string of the molecule is Cn1cc(-c2cc(Nc3ncc4cc(Br)cc(Cl)c4n3)cc(O[C@@H]3CCNC3)c2)cn1. The van der Waals surface area contributed by atoms with E-state index in [0.717, 1.165) is 51.9 Å². The Morgan fingerprint density at radius 1 is 1.19 bits per heavy atom. The van der Waals surface area contributed by atoms with Crippen molar-refractivity contribution in [1.82, 2.24) is 25.1 Å². The second-order valence-electron chi connectivity index (χ2n) is 7.53. The highest BCUT2D eigenvalue weighted by molar-refractivity contribution is 9.10. The summed E-state index contributed by atoms with van der Waals surface area (Å²) >= 11 is 9.83. The monoisotopic (exact) mass is 498 g/mol. The number of hydrogen-bond acceptors (Lipinski definition) is 6. The molecule has 9 heteroatoms. The molecule has 31 heavy (non-hydrogen) atoms. The lowest BCUT2D eigenvalue weighted by Crippen LogP contribution is -2.19. The molecule has 1 aliphatic heterocycles. The van der Waals surface area contributed by atoms with E-state index in [4.69, 9.17) is 16.3 Å². The predicted molar refractivity (Wildman–Crippen MR) is 126 cm³/mol. The Morgan fingerprint density at radius 2 is 2.10 bits per heavy atom. The van der Waals surface area contributed by atoms with Crippen LogP contribution in [-0.2, 0) is 7.05 Å². The summed E-state index contributed by atoms with van der Waals surface area (Å²) in [6.07, 6.45) is 6.72. The number of nitrogens with one attached hydrogen (secondary N) is 2. The van der Waals surface area contributed by atoms with Crippen molar-refractivity contribution in [2.45, 2.75) is 12.5 Å². The molecule has 0 amide bonds. The Hall–Kier alpha value is -2.68. The lowest BCUT2D eigenvalue weighted by Gasteiger charge is -2.15. The number of rotatable bonds is 5. The summed E-state index contributed by atoms with van der Waals surface area (Å²) in [6.45, 7) is 1.82. The maximum atomic E-state index is 6.38. The number of aryl methyl sites for hydroxylation is 1. The minimum absolute atomic E-state index is 0.158. The molecule has 0 unspecified atom stereocenters. The van der Waals surface area contributed by atoms with Crippen LogP contribution in [0, 0.1) is 0 Å². The predicted octanol–water partition coefficient (Wildman–Crippen LogP) is 4.93. The average molecular weight is 500 g/mol. The molecular formula is C22H20BrClN6O. The smallest absolute Gasteiger partial charge is 0.227 e. The fourth-order valence-electron chi connectivity index (χ4n) is 3.65. The number of fused-ring (bicyclic) bond motifs is 1. The first kappa shape index (κ1) is 20.2. The third kappa shape index (κ3) is 4.51.